The van der Waals surface area contributed by atoms with Gasteiger partial charge in [0, 0.05) is 12.1 Å². The van der Waals surface area contributed by atoms with Crippen LogP contribution in [0.5, 0.6) is 5.75 Å². The van der Waals surface area contributed by atoms with Crippen molar-refractivity contribution in [3.63, 3.8) is 0 Å². The molecule has 0 fully saturated rings. The molecule has 2 rings (SSSR count). The van der Waals surface area contributed by atoms with Crippen molar-refractivity contribution in [3.05, 3.63) is 40.7 Å². The molecule has 20 heavy (non-hydrogen) atoms. The highest BCUT2D eigenvalue weighted by Crippen LogP contribution is 2.18. The first-order valence-electron chi connectivity index (χ1n) is 6.13. The van der Waals surface area contributed by atoms with Crippen molar-refractivity contribution in [3.8, 4) is 5.75 Å². The molecule has 1 aromatic carbocycles. The summed E-state index contributed by atoms with van der Waals surface area (Å²) in [7, 11) is 0. The summed E-state index contributed by atoms with van der Waals surface area (Å²) < 4.78 is 30.2. The predicted octanol–water partition coefficient (Wildman–Crippen LogP) is 1.50. The van der Waals surface area contributed by atoms with E-state index in [0.717, 1.165) is 10.9 Å². The van der Waals surface area contributed by atoms with Gasteiger partial charge in [-0.3, -0.25) is 4.79 Å². The first-order chi connectivity index (χ1) is 9.65. The summed E-state index contributed by atoms with van der Waals surface area (Å²) in [5, 5.41) is 0.934. The van der Waals surface area contributed by atoms with E-state index in [2.05, 4.69) is 9.17 Å². The van der Waals surface area contributed by atoms with Crippen molar-refractivity contribution in [2.45, 2.75) is 12.8 Å². The minimum absolute atomic E-state index is 0.155. The van der Waals surface area contributed by atoms with Crippen LogP contribution < -0.4 is 10.3 Å². The molecule has 6 nitrogen and oxygen atoms in total. The van der Waals surface area contributed by atoms with Crippen LogP contribution in [0, 0.1) is 0 Å². The largest absolute Gasteiger partial charge is 0.750 e. The maximum absolute atomic E-state index is 11.2. The number of hydrogen-bond acceptors (Lipinski definition) is 5. The minimum atomic E-state index is -2.45. The number of nitrogens with one attached hydrogen (secondary N) is 1. The van der Waals surface area contributed by atoms with E-state index < -0.39 is 11.4 Å². The second-order valence-corrected chi connectivity index (χ2v) is 4.80. The van der Waals surface area contributed by atoms with Crippen molar-refractivity contribution in [2.75, 3.05) is 13.2 Å². The number of aromatic amines is 1. The lowest BCUT2D eigenvalue weighted by molar-refractivity contribution is 0.262. The molecule has 1 aromatic heterocycles. The van der Waals surface area contributed by atoms with Gasteiger partial charge < -0.3 is 18.5 Å². The highest BCUT2D eigenvalue weighted by molar-refractivity contribution is 7.74. The lowest BCUT2D eigenvalue weighted by atomic mass is 10.2. The lowest BCUT2D eigenvalue weighted by Crippen LogP contribution is -2.04. The van der Waals surface area contributed by atoms with Gasteiger partial charge in [0.05, 0.1) is 30.1 Å². The van der Waals surface area contributed by atoms with Crippen LogP contribution in [0.2, 0.25) is 0 Å². The number of fused-ring (bicyclic) bond motifs is 1. The van der Waals surface area contributed by atoms with E-state index in [1.165, 1.54) is 6.07 Å². The van der Waals surface area contributed by atoms with Gasteiger partial charge >= 0.3 is 0 Å². The quantitative estimate of drug-likeness (QED) is 0.617. The molecule has 7 heteroatoms. The van der Waals surface area contributed by atoms with E-state index in [1.54, 1.807) is 12.1 Å². The van der Waals surface area contributed by atoms with Crippen molar-refractivity contribution < 1.29 is 17.7 Å². The second kappa shape index (κ2) is 7.18. The number of aromatic nitrogens is 1. The molecular weight excluding hydrogens is 282 g/mol. The summed E-state index contributed by atoms with van der Waals surface area (Å²) in [4.78, 5) is 14.0. The molecule has 0 radical (unpaired) electrons. The molecule has 0 aliphatic rings. The summed E-state index contributed by atoms with van der Waals surface area (Å²) in [5.41, 5.74) is 0.567. The Morgan fingerprint density at radius 1 is 1.15 bits per heavy atom. The van der Waals surface area contributed by atoms with Gasteiger partial charge in [-0.15, -0.1) is 0 Å². The standard InChI is InChI=1S/C13H15NO5S/c15-13-6-4-10-3-5-11(9-12(10)14-13)18-7-1-2-8-19-20(16)17/h3-6,9H,1-2,7-8H2,(H,14,15)(H,16,17)/p-1. The zero-order valence-electron chi connectivity index (χ0n) is 10.7. The van der Waals surface area contributed by atoms with Gasteiger partial charge in [0.1, 0.15) is 5.75 Å². The molecule has 1 heterocycles. The average molecular weight is 296 g/mol. The molecular formula is C13H14NO5S-. The Morgan fingerprint density at radius 3 is 2.70 bits per heavy atom. The number of pyridine rings is 1. The molecule has 0 saturated carbocycles. The smallest absolute Gasteiger partial charge is 0.248 e. The van der Waals surface area contributed by atoms with Gasteiger partial charge in [-0.25, -0.2) is 4.21 Å². The van der Waals surface area contributed by atoms with Gasteiger partial charge in [0.15, 0.2) is 0 Å². The van der Waals surface area contributed by atoms with Gasteiger partial charge in [-0.2, -0.15) is 0 Å². The Labute approximate surface area is 118 Å². The monoisotopic (exact) mass is 296 g/mol. The van der Waals surface area contributed by atoms with Crippen LogP contribution >= 0.6 is 0 Å². The van der Waals surface area contributed by atoms with E-state index in [-0.39, 0.29) is 12.2 Å². The van der Waals surface area contributed by atoms with Crippen LogP contribution in [0.25, 0.3) is 10.9 Å². The summed E-state index contributed by atoms with van der Waals surface area (Å²) in [5.74, 6) is 0.660. The van der Waals surface area contributed by atoms with Crippen LogP contribution in [0.15, 0.2) is 35.1 Å². The molecule has 2 aromatic rings. The molecule has 108 valence electrons. The zero-order valence-corrected chi connectivity index (χ0v) is 11.5. The summed E-state index contributed by atoms with van der Waals surface area (Å²) in [6.45, 7) is 0.613. The number of unbranched alkanes of at least 4 members (excludes halogenated alkanes) is 1. The first-order valence-corrected chi connectivity index (χ1v) is 7.13. The Kier molecular flexibility index (Phi) is 5.28. The van der Waals surface area contributed by atoms with Gasteiger partial charge in [-0.05, 0) is 36.4 Å². The molecule has 0 spiro atoms. The molecule has 0 amide bonds. The van der Waals surface area contributed by atoms with Crippen LogP contribution in [0.4, 0.5) is 0 Å². The summed E-state index contributed by atoms with van der Waals surface area (Å²) >= 11 is -2.45. The molecule has 0 aliphatic heterocycles. The topological polar surface area (TPSA) is 91.4 Å². The zero-order chi connectivity index (χ0) is 14.4. The van der Waals surface area contributed by atoms with Crippen molar-refractivity contribution in [1.82, 2.24) is 4.98 Å². The Bertz CT molecular complexity index is 654. The first kappa shape index (κ1) is 14.7. The fourth-order valence-corrected chi connectivity index (χ4v) is 1.99. The number of benzene rings is 1. The third kappa shape index (κ3) is 4.44. The Hall–Kier alpha value is -1.70. The van der Waals surface area contributed by atoms with Gasteiger partial charge in [0.2, 0.25) is 5.56 Å². The number of rotatable bonds is 7. The van der Waals surface area contributed by atoms with Crippen molar-refractivity contribution in [2.24, 2.45) is 0 Å². The SMILES string of the molecule is O=c1ccc2ccc(OCCCCOS(=O)[O-])cc2[nH]1. The molecule has 1 unspecified atom stereocenters. The van der Waals surface area contributed by atoms with E-state index in [4.69, 9.17) is 4.74 Å². The van der Waals surface area contributed by atoms with Gasteiger partial charge in [0.25, 0.3) is 0 Å². The van der Waals surface area contributed by atoms with Crippen molar-refractivity contribution >= 4 is 22.3 Å². The molecule has 1 N–H and O–H groups in total. The maximum Gasteiger partial charge on any atom is 0.248 e. The highest BCUT2D eigenvalue weighted by Gasteiger charge is 1.99. The fraction of sp³-hybridized carbons (Fsp3) is 0.308. The number of hydrogen-bond donors (Lipinski definition) is 1. The van der Waals surface area contributed by atoms with E-state index in [9.17, 15) is 13.6 Å². The fourth-order valence-electron chi connectivity index (χ4n) is 1.74. The predicted molar refractivity (Wildman–Crippen MR) is 74.2 cm³/mol. The van der Waals surface area contributed by atoms with Gasteiger partial charge in [-0.1, -0.05) is 0 Å². The summed E-state index contributed by atoms with van der Waals surface area (Å²) in [6.07, 6.45) is 1.28. The van der Waals surface area contributed by atoms with E-state index in [0.29, 0.717) is 25.2 Å². The van der Waals surface area contributed by atoms with Crippen LogP contribution in [-0.2, 0) is 15.5 Å². The minimum Gasteiger partial charge on any atom is -0.750 e. The second-order valence-electron chi connectivity index (χ2n) is 4.15. The normalized spacial score (nSPS) is 12.4. The average Bonchev–Trinajstić information content (AvgIpc) is 2.42. The maximum atomic E-state index is 11.2. The lowest BCUT2D eigenvalue weighted by Gasteiger charge is -2.08. The third-order valence-electron chi connectivity index (χ3n) is 2.68. The molecule has 0 saturated heterocycles. The van der Waals surface area contributed by atoms with Crippen LogP contribution in [-0.4, -0.2) is 27.0 Å². The van der Waals surface area contributed by atoms with Crippen molar-refractivity contribution in [1.29, 1.82) is 0 Å². The summed E-state index contributed by atoms with van der Waals surface area (Å²) in [6, 6.07) is 8.68. The Morgan fingerprint density at radius 2 is 1.90 bits per heavy atom. The molecule has 1 atom stereocenters. The molecule has 0 bridgehead atoms. The van der Waals surface area contributed by atoms with E-state index >= 15 is 0 Å². The Balaban J connectivity index is 1.84. The van der Waals surface area contributed by atoms with Crippen LogP contribution in [0.3, 0.4) is 0 Å². The number of H-pyrrole nitrogens is 1. The third-order valence-corrected chi connectivity index (χ3v) is 3.04. The van der Waals surface area contributed by atoms with Crippen LogP contribution in [0.1, 0.15) is 12.8 Å². The molecule has 0 aliphatic carbocycles. The number of ether oxygens (including phenoxy) is 1. The van der Waals surface area contributed by atoms with E-state index in [1.807, 2.05) is 12.1 Å². The highest BCUT2D eigenvalue weighted by atomic mass is 32.2.